The number of nitrogens with zero attached hydrogens (tertiary/aromatic N) is 1. The van der Waals surface area contributed by atoms with Crippen LogP contribution in [0.15, 0.2) is 24.4 Å². The van der Waals surface area contributed by atoms with Crippen molar-refractivity contribution >= 4 is 47.1 Å². The number of rotatable bonds is 5. The molecular formula is C26H34BN3O4S. The summed E-state index contributed by atoms with van der Waals surface area (Å²) in [5.41, 5.74) is 1.61. The maximum absolute atomic E-state index is 13.2. The van der Waals surface area contributed by atoms with Gasteiger partial charge in [-0.2, -0.15) is 0 Å². The molecule has 0 bridgehead atoms. The zero-order valence-corrected chi connectivity index (χ0v) is 21.8. The number of ether oxygens (including phenoxy) is 1. The van der Waals surface area contributed by atoms with Crippen LogP contribution in [-0.4, -0.2) is 42.4 Å². The second-order valence-electron chi connectivity index (χ2n) is 10.8. The quantitative estimate of drug-likeness (QED) is 0.561. The van der Waals surface area contributed by atoms with Crippen LogP contribution in [0.5, 0.6) is 0 Å². The van der Waals surface area contributed by atoms with Gasteiger partial charge in [0.05, 0.1) is 12.3 Å². The number of carbonyl (C=O) groups excluding carboxylic acids is 3. The predicted molar refractivity (Wildman–Crippen MR) is 141 cm³/mol. The third-order valence-electron chi connectivity index (χ3n) is 7.03. The highest BCUT2D eigenvalue weighted by atomic mass is 32.1. The van der Waals surface area contributed by atoms with Crippen LogP contribution >= 0.6 is 11.3 Å². The number of amides is 2. The Bertz CT molecular complexity index is 1090. The number of carbonyl (C=O) groups is 3. The Morgan fingerprint density at radius 1 is 1.14 bits per heavy atom. The van der Waals surface area contributed by atoms with Gasteiger partial charge in [0.15, 0.2) is 0 Å². The molecule has 0 radical (unpaired) electrons. The van der Waals surface area contributed by atoms with Crippen molar-refractivity contribution in [3.05, 3.63) is 39.7 Å². The molecule has 2 N–H and O–H groups in total. The number of thiophene rings is 1. The minimum Gasteiger partial charge on any atom is -0.375 e. The van der Waals surface area contributed by atoms with Gasteiger partial charge in [-0.25, -0.2) is 4.98 Å². The SMILES string of the molecule is Cc1ccc(NC(=O)c2sc(C(C)(C)C)cc2NC(=O)C2CCC(B3CCOCC3=O)CC2)nc1. The molecule has 0 spiro atoms. The Morgan fingerprint density at radius 2 is 1.89 bits per heavy atom. The second-order valence-corrected chi connectivity index (χ2v) is 11.8. The fourth-order valence-electron chi connectivity index (χ4n) is 4.91. The first-order valence-electron chi connectivity index (χ1n) is 12.4. The Morgan fingerprint density at radius 3 is 2.51 bits per heavy atom. The van der Waals surface area contributed by atoms with Crippen molar-refractivity contribution in [1.29, 1.82) is 0 Å². The van der Waals surface area contributed by atoms with Crippen LogP contribution in [0.25, 0.3) is 0 Å². The van der Waals surface area contributed by atoms with E-state index >= 15 is 0 Å². The van der Waals surface area contributed by atoms with Gasteiger partial charge < -0.3 is 20.2 Å². The van der Waals surface area contributed by atoms with Crippen LogP contribution in [-0.2, 0) is 19.7 Å². The number of anilines is 2. The maximum atomic E-state index is 13.2. The van der Waals surface area contributed by atoms with Gasteiger partial charge in [0.1, 0.15) is 16.4 Å². The number of hydrogen-bond donors (Lipinski definition) is 2. The molecular weight excluding hydrogens is 461 g/mol. The van der Waals surface area contributed by atoms with Gasteiger partial charge in [-0.15, -0.1) is 11.3 Å². The van der Waals surface area contributed by atoms with Crippen molar-refractivity contribution < 1.29 is 19.1 Å². The standard InChI is InChI=1S/C26H34BN3O4S/c1-16-5-10-22(28-14-16)30-25(33)23-19(13-20(35-23)26(2,3)4)29-24(32)17-6-8-18(9-7-17)27-11-12-34-15-21(27)31/h5,10,13-14,17-18H,6-9,11-12,15H2,1-4H3,(H,29,32)(H,28,30,33). The summed E-state index contributed by atoms with van der Waals surface area (Å²) in [5.74, 6) is 0.368. The van der Waals surface area contributed by atoms with E-state index in [4.69, 9.17) is 4.74 Å². The van der Waals surface area contributed by atoms with Crippen molar-refractivity contribution in [2.45, 2.75) is 70.9 Å². The third kappa shape index (κ3) is 6.19. The van der Waals surface area contributed by atoms with Gasteiger partial charge in [0, 0.05) is 23.6 Å². The minimum atomic E-state index is -0.279. The van der Waals surface area contributed by atoms with E-state index in [-0.39, 0.29) is 42.1 Å². The number of hydrogen-bond acceptors (Lipinski definition) is 6. The molecule has 9 heteroatoms. The normalized spacial score (nSPS) is 21.0. The highest BCUT2D eigenvalue weighted by Gasteiger charge is 2.38. The van der Waals surface area contributed by atoms with Gasteiger partial charge in [-0.3, -0.25) is 9.59 Å². The summed E-state index contributed by atoms with van der Waals surface area (Å²) >= 11 is 1.40. The first-order chi connectivity index (χ1) is 16.6. The molecule has 1 saturated carbocycles. The summed E-state index contributed by atoms with van der Waals surface area (Å²) in [7, 11) is 0. The summed E-state index contributed by atoms with van der Waals surface area (Å²) in [6.45, 7) is 9.16. The molecule has 2 aromatic rings. The van der Waals surface area contributed by atoms with Crippen LogP contribution < -0.4 is 10.6 Å². The summed E-state index contributed by atoms with van der Waals surface area (Å²) < 4.78 is 5.28. The Labute approximate surface area is 211 Å². The van der Waals surface area contributed by atoms with Crippen molar-refractivity contribution in [3.63, 3.8) is 0 Å². The zero-order valence-electron chi connectivity index (χ0n) is 21.0. The summed E-state index contributed by atoms with van der Waals surface area (Å²) in [6, 6.07) is 5.59. The van der Waals surface area contributed by atoms with Crippen molar-refractivity contribution in [2.24, 2.45) is 5.92 Å². The van der Waals surface area contributed by atoms with Gasteiger partial charge in [-0.1, -0.05) is 45.5 Å². The lowest BCUT2D eigenvalue weighted by Crippen LogP contribution is -2.41. The fraction of sp³-hybridized carbons (Fsp3) is 0.538. The molecule has 0 unspecified atom stereocenters. The largest absolute Gasteiger partial charge is 0.375 e. The highest BCUT2D eigenvalue weighted by Crippen LogP contribution is 2.39. The molecule has 186 valence electrons. The van der Waals surface area contributed by atoms with Gasteiger partial charge in [0.2, 0.25) is 12.6 Å². The molecule has 2 amide bonds. The van der Waals surface area contributed by atoms with Crippen molar-refractivity contribution in [1.82, 2.24) is 4.98 Å². The van der Waals surface area contributed by atoms with E-state index in [0.29, 0.717) is 28.8 Å². The van der Waals surface area contributed by atoms with Crippen LogP contribution in [0.4, 0.5) is 11.5 Å². The molecule has 4 rings (SSSR count). The lowest BCUT2D eigenvalue weighted by molar-refractivity contribution is -0.120. The molecule has 2 fully saturated rings. The molecule has 2 aromatic heterocycles. The minimum absolute atomic E-state index is 0.0532. The molecule has 0 aromatic carbocycles. The van der Waals surface area contributed by atoms with Gasteiger partial charge in [-0.05, 0) is 49.2 Å². The van der Waals surface area contributed by atoms with E-state index in [1.54, 1.807) is 12.3 Å². The van der Waals surface area contributed by atoms with Crippen LogP contribution in [0, 0.1) is 12.8 Å². The molecule has 7 nitrogen and oxygen atoms in total. The van der Waals surface area contributed by atoms with Crippen LogP contribution in [0.1, 0.15) is 66.6 Å². The lowest BCUT2D eigenvalue weighted by Gasteiger charge is -2.32. The molecule has 3 heterocycles. The average molecular weight is 495 g/mol. The van der Waals surface area contributed by atoms with E-state index in [2.05, 4.69) is 36.4 Å². The van der Waals surface area contributed by atoms with Gasteiger partial charge in [0.25, 0.3) is 5.91 Å². The van der Waals surface area contributed by atoms with E-state index in [0.717, 1.165) is 42.4 Å². The van der Waals surface area contributed by atoms with Crippen molar-refractivity contribution in [2.75, 3.05) is 23.8 Å². The third-order valence-corrected chi connectivity index (χ3v) is 8.59. The Kier molecular flexibility index (Phi) is 7.76. The Balaban J connectivity index is 1.44. The predicted octanol–water partition coefficient (Wildman–Crippen LogP) is 5.13. The second kappa shape index (κ2) is 10.6. The van der Waals surface area contributed by atoms with E-state index in [1.165, 1.54) is 11.3 Å². The highest BCUT2D eigenvalue weighted by molar-refractivity contribution is 7.15. The molecule has 35 heavy (non-hydrogen) atoms. The molecule has 0 atom stereocenters. The number of aromatic nitrogens is 1. The summed E-state index contributed by atoms with van der Waals surface area (Å²) in [6.07, 6.45) is 5.75. The molecule has 1 aliphatic carbocycles. The lowest BCUT2D eigenvalue weighted by atomic mass is 9.33. The number of nitrogens with one attached hydrogen (secondary N) is 2. The first-order valence-corrected chi connectivity index (χ1v) is 13.2. The van der Waals surface area contributed by atoms with Crippen LogP contribution in [0.3, 0.4) is 0 Å². The van der Waals surface area contributed by atoms with Crippen LogP contribution in [0.2, 0.25) is 12.1 Å². The smallest absolute Gasteiger partial charge is 0.269 e. The fourth-order valence-corrected chi connectivity index (χ4v) is 5.97. The number of pyridine rings is 1. The monoisotopic (exact) mass is 495 g/mol. The summed E-state index contributed by atoms with van der Waals surface area (Å²) in [4.78, 5) is 44.3. The Hall–Kier alpha value is -2.52. The van der Waals surface area contributed by atoms with Crippen molar-refractivity contribution in [3.8, 4) is 0 Å². The zero-order chi connectivity index (χ0) is 25.2. The van der Waals surface area contributed by atoms with E-state index in [1.807, 2.05) is 19.1 Å². The number of aryl methyl sites for hydroxylation is 1. The average Bonchev–Trinajstić information content (AvgIpc) is 3.25. The summed E-state index contributed by atoms with van der Waals surface area (Å²) in [5, 5.41) is 5.91. The van der Waals surface area contributed by atoms with E-state index in [9.17, 15) is 14.4 Å². The van der Waals surface area contributed by atoms with E-state index < -0.39 is 0 Å². The molecule has 1 saturated heterocycles. The molecule has 2 aliphatic rings. The maximum Gasteiger partial charge on any atom is 0.269 e. The first kappa shape index (κ1) is 25.6. The van der Waals surface area contributed by atoms with Gasteiger partial charge >= 0.3 is 0 Å². The topological polar surface area (TPSA) is 97.4 Å². The molecule has 1 aliphatic heterocycles.